The van der Waals surface area contributed by atoms with Crippen LogP contribution in [0.15, 0.2) is 47.4 Å². The molecule has 0 amide bonds. The average Bonchev–Trinajstić information content (AvgIpc) is 2.71. The zero-order valence-electron chi connectivity index (χ0n) is 15.8. The molecule has 0 saturated carbocycles. The first-order chi connectivity index (χ1) is 13.4. The van der Waals surface area contributed by atoms with E-state index in [1.165, 1.54) is 4.31 Å². The normalized spacial score (nSPS) is 15.6. The maximum Gasteiger partial charge on any atom is 0.243 e. The molecule has 0 bridgehead atoms. The summed E-state index contributed by atoms with van der Waals surface area (Å²) in [4.78, 5) is 2.40. The molecule has 0 spiro atoms. The Morgan fingerprint density at radius 1 is 0.964 bits per heavy atom. The average molecular weight is 443 g/mol. The third-order valence-electron chi connectivity index (χ3n) is 4.74. The van der Waals surface area contributed by atoms with Crippen LogP contribution < -0.4 is 9.64 Å². The highest BCUT2D eigenvalue weighted by atomic mass is 35.5. The smallest absolute Gasteiger partial charge is 0.243 e. The Morgan fingerprint density at radius 3 is 2.25 bits per heavy atom. The van der Waals surface area contributed by atoms with Crippen molar-refractivity contribution in [2.45, 2.75) is 24.7 Å². The second kappa shape index (κ2) is 9.35. The lowest BCUT2D eigenvalue weighted by Gasteiger charge is -2.35. The van der Waals surface area contributed by atoms with Gasteiger partial charge in [0.05, 0.1) is 21.5 Å². The number of piperazine rings is 1. The van der Waals surface area contributed by atoms with Gasteiger partial charge in [0, 0.05) is 31.9 Å². The molecule has 152 valence electrons. The number of anilines is 1. The molecule has 0 atom stereocenters. The van der Waals surface area contributed by atoms with Gasteiger partial charge in [-0.15, -0.1) is 0 Å². The summed E-state index contributed by atoms with van der Waals surface area (Å²) < 4.78 is 33.0. The number of benzene rings is 2. The molecule has 1 aliphatic rings. The molecule has 0 aliphatic carbocycles. The Kier molecular flexibility index (Phi) is 7.10. The maximum atomic E-state index is 12.9. The van der Waals surface area contributed by atoms with Crippen molar-refractivity contribution in [3.8, 4) is 5.75 Å². The van der Waals surface area contributed by atoms with E-state index in [2.05, 4.69) is 11.8 Å². The van der Waals surface area contributed by atoms with Crippen LogP contribution in [0.25, 0.3) is 0 Å². The van der Waals surface area contributed by atoms with Crippen molar-refractivity contribution in [1.29, 1.82) is 0 Å². The van der Waals surface area contributed by atoms with E-state index < -0.39 is 10.0 Å². The second-order valence-corrected chi connectivity index (χ2v) is 9.42. The van der Waals surface area contributed by atoms with Gasteiger partial charge in [-0.25, -0.2) is 8.42 Å². The first-order valence-corrected chi connectivity index (χ1v) is 11.5. The molecule has 28 heavy (non-hydrogen) atoms. The standard InChI is InChI=1S/C20H24Cl2N2O3S/c1-2-3-14-27-17-5-7-18(8-6-17)28(25,26)24-12-10-23(11-13-24)16-4-9-19(21)20(22)15-16/h4-9,15H,2-3,10-14H2,1H3. The molecule has 0 N–H and O–H groups in total. The first kappa shape index (κ1) is 21.2. The van der Waals surface area contributed by atoms with Crippen LogP contribution in [0.5, 0.6) is 5.75 Å². The highest BCUT2D eigenvalue weighted by Gasteiger charge is 2.28. The molecule has 1 fully saturated rings. The van der Waals surface area contributed by atoms with Crippen molar-refractivity contribution < 1.29 is 13.2 Å². The second-order valence-electron chi connectivity index (χ2n) is 6.66. The number of halogens is 2. The molecule has 5 nitrogen and oxygen atoms in total. The van der Waals surface area contributed by atoms with E-state index in [-0.39, 0.29) is 0 Å². The fourth-order valence-electron chi connectivity index (χ4n) is 3.06. The summed E-state index contributed by atoms with van der Waals surface area (Å²) in [6, 6.07) is 12.1. The van der Waals surface area contributed by atoms with Gasteiger partial charge in [-0.05, 0) is 48.9 Å². The Balaban J connectivity index is 1.63. The topological polar surface area (TPSA) is 49.9 Å². The molecule has 0 unspecified atom stereocenters. The number of nitrogens with zero attached hydrogens (tertiary/aromatic N) is 2. The van der Waals surface area contributed by atoms with Crippen molar-refractivity contribution in [3.05, 3.63) is 52.5 Å². The molecule has 2 aromatic rings. The van der Waals surface area contributed by atoms with Crippen molar-refractivity contribution >= 4 is 38.9 Å². The molecule has 1 aliphatic heterocycles. The van der Waals surface area contributed by atoms with Crippen LogP contribution in [0.1, 0.15) is 19.8 Å². The molecule has 1 heterocycles. The Bertz CT molecular complexity index is 896. The van der Waals surface area contributed by atoms with Crippen molar-refractivity contribution in [2.75, 3.05) is 37.7 Å². The zero-order chi connectivity index (χ0) is 20.1. The van der Waals surface area contributed by atoms with Crippen molar-refractivity contribution in [2.24, 2.45) is 0 Å². The molecule has 3 rings (SSSR count). The monoisotopic (exact) mass is 442 g/mol. The molecular formula is C20H24Cl2N2O3S. The predicted octanol–water partition coefficient (Wildman–Crippen LogP) is 4.68. The van der Waals surface area contributed by atoms with E-state index >= 15 is 0 Å². The van der Waals surface area contributed by atoms with E-state index in [4.69, 9.17) is 27.9 Å². The van der Waals surface area contributed by atoms with E-state index in [9.17, 15) is 8.42 Å². The van der Waals surface area contributed by atoms with Gasteiger partial charge in [0.2, 0.25) is 10.0 Å². The van der Waals surface area contributed by atoms with Gasteiger partial charge in [0.1, 0.15) is 5.75 Å². The van der Waals surface area contributed by atoms with Crippen LogP contribution in [-0.2, 0) is 10.0 Å². The summed E-state index contributed by atoms with van der Waals surface area (Å²) in [7, 11) is -3.52. The van der Waals surface area contributed by atoms with Crippen molar-refractivity contribution in [1.82, 2.24) is 4.31 Å². The minimum absolute atomic E-state index is 0.290. The van der Waals surface area contributed by atoms with E-state index in [1.807, 2.05) is 12.1 Å². The van der Waals surface area contributed by atoms with Crippen molar-refractivity contribution in [3.63, 3.8) is 0 Å². The fourth-order valence-corrected chi connectivity index (χ4v) is 4.77. The molecule has 0 aromatic heterocycles. The minimum Gasteiger partial charge on any atom is -0.494 e. The largest absolute Gasteiger partial charge is 0.494 e. The van der Waals surface area contributed by atoms with Gasteiger partial charge in [-0.1, -0.05) is 36.5 Å². The Hall–Kier alpha value is -1.47. The number of sulfonamides is 1. The highest BCUT2D eigenvalue weighted by molar-refractivity contribution is 7.89. The lowest BCUT2D eigenvalue weighted by molar-refractivity contribution is 0.309. The molecular weight excluding hydrogens is 419 g/mol. The fraction of sp³-hybridized carbons (Fsp3) is 0.400. The predicted molar refractivity (Wildman–Crippen MR) is 114 cm³/mol. The number of rotatable bonds is 7. The van der Waals surface area contributed by atoms with Gasteiger partial charge in [-0.3, -0.25) is 0 Å². The lowest BCUT2D eigenvalue weighted by Crippen LogP contribution is -2.48. The van der Waals surface area contributed by atoms with Gasteiger partial charge in [0.15, 0.2) is 0 Å². The molecule has 8 heteroatoms. The van der Waals surface area contributed by atoms with E-state index in [0.29, 0.717) is 53.5 Å². The summed E-state index contributed by atoms with van der Waals surface area (Å²) in [5, 5.41) is 1.00. The number of hydrogen-bond donors (Lipinski definition) is 0. The summed E-state index contributed by atoms with van der Waals surface area (Å²) in [6.45, 7) is 4.75. The quantitative estimate of drug-likeness (QED) is 0.583. The van der Waals surface area contributed by atoms with Crippen LogP contribution >= 0.6 is 23.2 Å². The molecule has 0 radical (unpaired) electrons. The van der Waals surface area contributed by atoms with Crippen LogP contribution in [0.3, 0.4) is 0 Å². The molecule has 1 saturated heterocycles. The molecule has 2 aromatic carbocycles. The van der Waals surface area contributed by atoms with Crippen LogP contribution in [0, 0.1) is 0 Å². The third kappa shape index (κ3) is 4.92. The van der Waals surface area contributed by atoms with Crippen LogP contribution in [-0.4, -0.2) is 45.5 Å². The lowest BCUT2D eigenvalue weighted by atomic mass is 10.2. The van der Waals surface area contributed by atoms with Gasteiger partial charge < -0.3 is 9.64 Å². The van der Waals surface area contributed by atoms with Crippen LogP contribution in [0.2, 0.25) is 10.0 Å². The zero-order valence-corrected chi connectivity index (χ0v) is 18.1. The number of unbranched alkanes of at least 4 members (excludes halogenated alkanes) is 1. The maximum absolute atomic E-state index is 12.9. The summed E-state index contributed by atoms with van der Waals surface area (Å²) in [5.41, 5.74) is 0.944. The van der Waals surface area contributed by atoms with E-state index in [0.717, 1.165) is 18.5 Å². The summed E-state index contributed by atoms with van der Waals surface area (Å²) in [5.74, 6) is 0.692. The van der Waals surface area contributed by atoms with Gasteiger partial charge in [0.25, 0.3) is 0 Å². The summed E-state index contributed by atoms with van der Waals surface area (Å²) >= 11 is 12.1. The highest BCUT2D eigenvalue weighted by Crippen LogP contribution is 2.28. The minimum atomic E-state index is -3.52. The number of ether oxygens (including phenoxy) is 1. The first-order valence-electron chi connectivity index (χ1n) is 9.35. The van der Waals surface area contributed by atoms with Gasteiger partial charge >= 0.3 is 0 Å². The number of hydrogen-bond acceptors (Lipinski definition) is 4. The van der Waals surface area contributed by atoms with E-state index in [1.54, 1.807) is 30.3 Å². The van der Waals surface area contributed by atoms with Gasteiger partial charge in [-0.2, -0.15) is 4.31 Å². The third-order valence-corrected chi connectivity index (χ3v) is 7.39. The Morgan fingerprint density at radius 2 is 1.64 bits per heavy atom. The summed E-state index contributed by atoms with van der Waals surface area (Å²) in [6.07, 6.45) is 2.03. The SMILES string of the molecule is CCCCOc1ccc(S(=O)(=O)N2CCN(c3ccc(Cl)c(Cl)c3)CC2)cc1. The van der Waals surface area contributed by atoms with Crippen LogP contribution in [0.4, 0.5) is 5.69 Å². The Labute approximate surface area is 176 Å².